The molecule has 2 rings (SSSR count). The topological polar surface area (TPSA) is 0 Å². The van der Waals surface area contributed by atoms with Crippen LogP contribution in [0.3, 0.4) is 0 Å². The van der Waals surface area contributed by atoms with Gasteiger partial charge in [0.2, 0.25) is 0 Å². The zero-order chi connectivity index (χ0) is 14.0. The minimum atomic E-state index is -0.285. The standard InChI is InChI=1S/C17H21ClF/c1-4-13-6-8-14(9-7-13)12(3)15-10-5-11(2)16(18)17(15)19/h4-5,10,12-14H,1-2,6-9H2,3H3/q-1. The molecule has 1 aromatic rings. The van der Waals surface area contributed by atoms with Crippen molar-refractivity contribution in [2.75, 3.05) is 0 Å². The third-order valence-corrected chi connectivity index (χ3v) is 4.95. The molecule has 104 valence electrons. The van der Waals surface area contributed by atoms with Crippen molar-refractivity contribution in [2.45, 2.75) is 38.5 Å². The van der Waals surface area contributed by atoms with Gasteiger partial charge in [-0.15, -0.1) is 12.6 Å². The monoisotopic (exact) mass is 279 g/mol. The van der Waals surface area contributed by atoms with Gasteiger partial charge in [-0.25, -0.2) is 4.39 Å². The van der Waals surface area contributed by atoms with Crippen LogP contribution in [0, 0.1) is 24.6 Å². The summed E-state index contributed by atoms with van der Waals surface area (Å²) in [4.78, 5) is 0. The highest BCUT2D eigenvalue weighted by atomic mass is 35.5. The molecule has 1 fully saturated rings. The predicted octanol–water partition coefficient (Wildman–Crippen LogP) is 5.76. The molecule has 0 bridgehead atoms. The van der Waals surface area contributed by atoms with E-state index in [0.29, 0.717) is 17.4 Å². The van der Waals surface area contributed by atoms with Crippen LogP contribution in [-0.2, 0) is 0 Å². The van der Waals surface area contributed by atoms with E-state index in [-0.39, 0.29) is 16.8 Å². The maximum Gasteiger partial charge on any atom is 0.0891 e. The molecule has 0 N–H and O–H groups in total. The van der Waals surface area contributed by atoms with Gasteiger partial charge in [-0.3, -0.25) is 0 Å². The molecule has 0 heterocycles. The summed E-state index contributed by atoms with van der Waals surface area (Å²) in [6, 6.07) is 3.65. The normalized spacial score (nSPS) is 25.0. The zero-order valence-electron chi connectivity index (χ0n) is 11.5. The molecule has 0 aromatic heterocycles. The molecule has 0 nitrogen and oxygen atoms in total. The number of hydrogen-bond donors (Lipinski definition) is 0. The molecule has 1 saturated carbocycles. The molecular weight excluding hydrogens is 259 g/mol. The highest BCUT2D eigenvalue weighted by Gasteiger charge is 2.26. The number of halogens is 2. The molecule has 0 amide bonds. The molecule has 0 saturated heterocycles. The lowest BCUT2D eigenvalue weighted by molar-refractivity contribution is 0.275. The molecule has 19 heavy (non-hydrogen) atoms. The molecule has 0 aliphatic heterocycles. The van der Waals surface area contributed by atoms with E-state index in [9.17, 15) is 4.39 Å². The van der Waals surface area contributed by atoms with Crippen LogP contribution in [0.15, 0.2) is 24.8 Å². The second-order valence-corrected chi connectivity index (χ2v) is 6.02. The lowest BCUT2D eigenvalue weighted by atomic mass is 9.74. The van der Waals surface area contributed by atoms with E-state index in [2.05, 4.69) is 26.5 Å². The van der Waals surface area contributed by atoms with E-state index >= 15 is 0 Å². The summed E-state index contributed by atoms with van der Waals surface area (Å²) in [5.41, 5.74) is 1.30. The summed E-state index contributed by atoms with van der Waals surface area (Å²) in [7, 11) is 0. The van der Waals surface area contributed by atoms with E-state index in [1.54, 1.807) is 0 Å². The Labute approximate surface area is 120 Å². The largest absolute Gasteiger partial charge is 0.220 e. The van der Waals surface area contributed by atoms with Gasteiger partial charge >= 0.3 is 0 Å². The SMILES string of the molecule is C=CC1CCC(C(C)c2ccc([CH2-])c(Cl)c2F)CC1. The molecule has 0 spiro atoms. The van der Waals surface area contributed by atoms with Crippen LogP contribution in [0.25, 0.3) is 0 Å². The number of allylic oxidation sites excluding steroid dienone is 1. The van der Waals surface area contributed by atoms with Crippen LogP contribution in [0.1, 0.15) is 49.7 Å². The second-order valence-electron chi connectivity index (χ2n) is 5.64. The van der Waals surface area contributed by atoms with Crippen molar-refractivity contribution in [1.29, 1.82) is 0 Å². The molecule has 0 radical (unpaired) electrons. The Morgan fingerprint density at radius 2 is 2.00 bits per heavy atom. The molecule has 1 aliphatic carbocycles. The van der Waals surface area contributed by atoms with Crippen molar-refractivity contribution < 1.29 is 4.39 Å². The molecule has 2 heteroatoms. The first-order chi connectivity index (χ1) is 9.04. The zero-order valence-corrected chi connectivity index (χ0v) is 12.2. The Kier molecular flexibility index (Phi) is 4.57. The first-order valence-electron chi connectivity index (χ1n) is 6.97. The Hall–Kier alpha value is -0.950. The van der Waals surface area contributed by atoms with E-state index in [1.807, 2.05) is 12.1 Å². The Bertz CT molecular complexity index is 459. The van der Waals surface area contributed by atoms with Gasteiger partial charge in [-0.1, -0.05) is 13.0 Å². The van der Waals surface area contributed by atoms with Gasteiger partial charge in [0, 0.05) is 0 Å². The van der Waals surface area contributed by atoms with Crippen LogP contribution in [0.4, 0.5) is 4.39 Å². The molecule has 1 aromatic carbocycles. The van der Waals surface area contributed by atoms with Crippen molar-refractivity contribution in [3.05, 3.63) is 53.7 Å². The minimum absolute atomic E-state index is 0.170. The molecule has 1 aliphatic rings. The summed E-state index contributed by atoms with van der Waals surface area (Å²) < 4.78 is 14.2. The number of rotatable bonds is 3. The van der Waals surface area contributed by atoms with Gasteiger partial charge in [0.25, 0.3) is 0 Å². The highest BCUT2D eigenvalue weighted by molar-refractivity contribution is 6.31. The smallest absolute Gasteiger partial charge is 0.0891 e. The summed E-state index contributed by atoms with van der Waals surface area (Å²) in [5.74, 6) is 1.10. The average molecular weight is 280 g/mol. The van der Waals surface area contributed by atoms with Crippen molar-refractivity contribution in [3.63, 3.8) is 0 Å². The lowest BCUT2D eigenvalue weighted by Gasteiger charge is -2.32. The molecule has 1 unspecified atom stereocenters. The maximum absolute atomic E-state index is 14.2. The van der Waals surface area contributed by atoms with Crippen LogP contribution in [0.5, 0.6) is 0 Å². The molecule has 1 atom stereocenters. The van der Waals surface area contributed by atoms with E-state index < -0.39 is 0 Å². The first-order valence-corrected chi connectivity index (χ1v) is 7.34. The third-order valence-electron chi connectivity index (χ3n) is 4.54. The Balaban J connectivity index is 2.14. The fraction of sp³-hybridized carbons (Fsp3) is 0.471. The van der Waals surface area contributed by atoms with Crippen LogP contribution < -0.4 is 0 Å². The maximum atomic E-state index is 14.2. The molecular formula is C17H21ClF-. The fourth-order valence-corrected chi connectivity index (χ4v) is 3.26. The van der Waals surface area contributed by atoms with Gasteiger partial charge in [-0.05, 0) is 54.0 Å². The number of benzene rings is 1. The van der Waals surface area contributed by atoms with Crippen LogP contribution >= 0.6 is 11.6 Å². The van der Waals surface area contributed by atoms with Crippen molar-refractivity contribution in [3.8, 4) is 0 Å². The van der Waals surface area contributed by atoms with Crippen molar-refractivity contribution in [2.24, 2.45) is 11.8 Å². The average Bonchev–Trinajstić information content (AvgIpc) is 2.44. The number of hydrogen-bond acceptors (Lipinski definition) is 0. The van der Waals surface area contributed by atoms with E-state index in [0.717, 1.165) is 18.4 Å². The minimum Gasteiger partial charge on any atom is -0.220 e. The second kappa shape index (κ2) is 6.00. The van der Waals surface area contributed by atoms with Crippen LogP contribution in [-0.4, -0.2) is 0 Å². The van der Waals surface area contributed by atoms with Crippen molar-refractivity contribution in [1.82, 2.24) is 0 Å². The van der Waals surface area contributed by atoms with E-state index in [4.69, 9.17) is 11.6 Å². The van der Waals surface area contributed by atoms with Gasteiger partial charge in [0.05, 0.1) is 5.82 Å². The summed E-state index contributed by atoms with van der Waals surface area (Å²) in [6.07, 6.45) is 6.67. The van der Waals surface area contributed by atoms with Gasteiger partial charge in [-0.2, -0.15) is 30.2 Å². The van der Waals surface area contributed by atoms with E-state index in [1.165, 1.54) is 12.8 Å². The Morgan fingerprint density at radius 3 is 2.58 bits per heavy atom. The quantitative estimate of drug-likeness (QED) is 0.488. The summed E-state index contributed by atoms with van der Waals surface area (Å²) >= 11 is 5.96. The predicted molar refractivity (Wildman–Crippen MR) is 79.9 cm³/mol. The van der Waals surface area contributed by atoms with Crippen molar-refractivity contribution >= 4 is 11.6 Å². The third kappa shape index (κ3) is 2.97. The summed E-state index contributed by atoms with van der Waals surface area (Å²) in [6.45, 7) is 9.70. The first kappa shape index (κ1) is 14.5. The highest BCUT2D eigenvalue weighted by Crippen LogP contribution is 2.40. The fourth-order valence-electron chi connectivity index (χ4n) is 3.09. The van der Waals surface area contributed by atoms with Crippen LogP contribution in [0.2, 0.25) is 5.02 Å². The van der Waals surface area contributed by atoms with Gasteiger partial charge in [0.15, 0.2) is 0 Å². The Morgan fingerprint density at radius 1 is 1.37 bits per heavy atom. The van der Waals surface area contributed by atoms with Gasteiger partial charge in [0.1, 0.15) is 0 Å². The van der Waals surface area contributed by atoms with Gasteiger partial charge < -0.3 is 0 Å². The lowest BCUT2D eigenvalue weighted by Crippen LogP contribution is -2.19. The summed E-state index contributed by atoms with van der Waals surface area (Å²) in [5, 5.41) is 0.170.